The molecule has 2 aliphatic heterocycles. The van der Waals surface area contributed by atoms with Crippen molar-refractivity contribution in [3.8, 4) is 0 Å². The number of ether oxygens (including phenoxy) is 4. The summed E-state index contributed by atoms with van der Waals surface area (Å²) >= 11 is 0. The topological polar surface area (TPSA) is 86.3 Å². The number of nitrogens with one attached hydrogen (secondary N) is 1. The van der Waals surface area contributed by atoms with Gasteiger partial charge in [0.25, 0.3) is 0 Å². The number of fused-ring (bicyclic) bond motifs is 1. The zero-order valence-corrected chi connectivity index (χ0v) is 16.1. The highest BCUT2D eigenvalue weighted by molar-refractivity contribution is 5.73. The van der Waals surface area contributed by atoms with Crippen LogP contribution >= 0.6 is 0 Å². The Morgan fingerprint density at radius 2 is 1.79 bits per heavy atom. The fraction of sp³-hybridized carbons (Fsp3) is 0.409. The van der Waals surface area contributed by atoms with Crippen molar-refractivity contribution in [3.63, 3.8) is 0 Å². The predicted octanol–water partition coefficient (Wildman–Crippen LogP) is 1.91. The monoisotopic (exact) mass is 399 g/mol. The molecule has 154 valence electrons. The number of carbonyl (C=O) groups is 1. The molecule has 0 aromatic heterocycles. The quantitative estimate of drug-likeness (QED) is 0.799. The van der Waals surface area contributed by atoms with Crippen molar-refractivity contribution in [3.05, 3.63) is 71.8 Å². The van der Waals surface area contributed by atoms with Crippen LogP contribution in [0.2, 0.25) is 0 Å². The minimum absolute atomic E-state index is 0.249. The highest BCUT2D eigenvalue weighted by Crippen LogP contribution is 2.35. The molecule has 2 fully saturated rings. The third-order valence-electron chi connectivity index (χ3n) is 5.09. The summed E-state index contributed by atoms with van der Waals surface area (Å²) in [5.74, 6) is -0.281. The summed E-state index contributed by atoms with van der Waals surface area (Å²) in [5.41, 5.74) is 1.87. The molecule has 6 atom stereocenters. The molecule has 2 saturated heterocycles. The molecular weight excluding hydrogens is 374 g/mol. The average molecular weight is 399 g/mol. The van der Waals surface area contributed by atoms with Crippen molar-refractivity contribution < 1.29 is 28.8 Å². The van der Waals surface area contributed by atoms with Gasteiger partial charge in [0.15, 0.2) is 12.6 Å². The number of amides is 1. The molecule has 0 saturated carbocycles. The SMILES string of the molecule is CC(=O)N[C@@H]1[C@H](OCc2ccccc2)[C@@H]2O[C@H](c3ccccc3)OC[C@H]2O[C@H]1O. The van der Waals surface area contributed by atoms with E-state index in [0.717, 1.165) is 11.1 Å². The van der Waals surface area contributed by atoms with E-state index in [9.17, 15) is 9.90 Å². The summed E-state index contributed by atoms with van der Waals surface area (Å²) in [5, 5.41) is 13.2. The first kappa shape index (κ1) is 20.0. The van der Waals surface area contributed by atoms with Crippen LogP contribution in [0.5, 0.6) is 0 Å². The lowest BCUT2D eigenvalue weighted by molar-refractivity contribution is -0.343. The summed E-state index contributed by atoms with van der Waals surface area (Å²) in [7, 11) is 0. The normalized spacial score (nSPS) is 31.7. The first-order valence-corrected chi connectivity index (χ1v) is 9.70. The Labute approximate surface area is 169 Å². The van der Waals surface area contributed by atoms with Crippen molar-refractivity contribution >= 4 is 5.91 Å². The van der Waals surface area contributed by atoms with Gasteiger partial charge >= 0.3 is 0 Å². The van der Waals surface area contributed by atoms with E-state index in [-0.39, 0.29) is 12.5 Å². The average Bonchev–Trinajstić information content (AvgIpc) is 2.74. The van der Waals surface area contributed by atoms with Gasteiger partial charge in [-0.15, -0.1) is 0 Å². The molecule has 2 heterocycles. The van der Waals surface area contributed by atoms with E-state index >= 15 is 0 Å². The molecule has 4 rings (SSSR count). The molecule has 29 heavy (non-hydrogen) atoms. The van der Waals surface area contributed by atoms with Crippen molar-refractivity contribution in [2.45, 2.75) is 50.5 Å². The Bertz CT molecular complexity index is 801. The molecule has 2 aromatic carbocycles. The molecule has 0 bridgehead atoms. The lowest BCUT2D eigenvalue weighted by atomic mass is 9.95. The molecule has 7 heteroatoms. The summed E-state index contributed by atoms with van der Waals surface area (Å²) in [6.07, 6.45) is -3.42. The van der Waals surface area contributed by atoms with Gasteiger partial charge in [0, 0.05) is 12.5 Å². The van der Waals surface area contributed by atoms with Crippen LogP contribution in [-0.4, -0.2) is 48.3 Å². The zero-order chi connectivity index (χ0) is 20.2. The number of aliphatic hydroxyl groups is 1. The molecule has 0 unspecified atom stereocenters. The van der Waals surface area contributed by atoms with Crippen molar-refractivity contribution in [2.75, 3.05) is 6.61 Å². The maximum absolute atomic E-state index is 11.7. The number of hydrogen-bond donors (Lipinski definition) is 2. The van der Waals surface area contributed by atoms with E-state index in [1.54, 1.807) is 0 Å². The van der Waals surface area contributed by atoms with Gasteiger partial charge in [0.1, 0.15) is 24.4 Å². The van der Waals surface area contributed by atoms with Crippen molar-refractivity contribution in [1.29, 1.82) is 0 Å². The summed E-state index contributed by atoms with van der Waals surface area (Å²) in [6, 6.07) is 18.6. The second-order valence-corrected chi connectivity index (χ2v) is 7.23. The second kappa shape index (κ2) is 9.02. The van der Waals surface area contributed by atoms with Gasteiger partial charge in [0.2, 0.25) is 5.91 Å². The number of rotatable bonds is 5. The van der Waals surface area contributed by atoms with E-state index in [0.29, 0.717) is 6.61 Å². The maximum atomic E-state index is 11.7. The van der Waals surface area contributed by atoms with Gasteiger partial charge in [-0.25, -0.2) is 0 Å². The third kappa shape index (κ3) is 4.66. The highest BCUT2D eigenvalue weighted by Gasteiger charge is 2.50. The van der Waals surface area contributed by atoms with Gasteiger partial charge < -0.3 is 29.4 Å². The molecule has 1 amide bonds. The second-order valence-electron chi connectivity index (χ2n) is 7.23. The molecule has 0 radical (unpaired) electrons. The van der Waals surface area contributed by atoms with Gasteiger partial charge in [-0.1, -0.05) is 60.7 Å². The van der Waals surface area contributed by atoms with E-state index in [1.165, 1.54) is 6.92 Å². The largest absolute Gasteiger partial charge is 0.368 e. The van der Waals surface area contributed by atoms with Crippen LogP contribution in [-0.2, 0) is 30.3 Å². The maximum Gasteiger partial charge on any atom is 0.217 e. The van der Waals surface area contributed by atoms with Gasteiger partial charge in [-0.3, -0.25) is 4.79 Å². The molecule has 2 aliphatic rings. The van der Waals surface area contributed by atoms with Gasteiger partial charge in [-0.05, 0) is 5.56 Å². The number of carbonyl (C=O) groups excluding carboxylic acids is 1. The number of aliphatic hydroxyl groups excluding tert-OH is 1. The first-order valence-electron chi connectivity index (χ1n) is 9.70. The Morgan fingerprint density at radius 3 is 2.48 bits per heavy atom. The Kier molecular flexibility index (Phi) is 6.22. The van der Waals surface area contributed by atoms with Crippen LogP contribution in [0.4, 0.5) is 0 Å². The molecular formula is C22H25NO6. The van der Waals surface area contributed by atoms with E-state index < -0.39 is 36.9 Å². The Hall–Kier alpha value is -2.29. The minimum Gasteiger partial charge on any atom is -0.368 e. The van der Waals surface area contributed by atoms with Crippen LogP contribution in [0, 0.1) is 0 Å². The fourth-order valence-electron chi connectivity index (χ4n) is 3.72. The van der Waals surface area contributed by atoms with Crippen LogP contribution in [0.25, 0.3) is 0 Å². The first-order chi connectivity index (χ1) is 14.1. The summed E-state index contributed by atoms with van der Waals surface area (Å²) in [6.45, 7) is 1.96. The Balaban J connectivity index is 1.56. The van der Waals surface area contributed by atoms with E-state index in [4.69, 9.17) is 18.9 Å². The van der Waals surface area contributed by atoms with Crippen molar-refractivity contribution in [2.24, 2.45) is 0 Å². The zero-order valence-electron chi connectivity index (χ0n) is 16.1. The molecule has 2 aromatic rings. The minimum atomic E-state index is -1.22. The molecule has 0 spiro atoms. The predicted molar refractivity (Wildman–Crippen MR) is 104 cm³/mol. The summed E-state index contributed by atoms with van der Waals surface area (Å²) < 4.78 is 23.9. The lowest BCUT2D eigenvalue weighted by Crippen LogP contribution is -2.66. The number of benzene rings is 2. The summed E-state index contributed by atoms with van der Waals surface area (Å²) in [4.78, 5) is 11.7. The highest BCUT2D eigenvalue weighted by atomic mass is 16.7. The molecule has 2 N–H and O–H groups in total. The van der Waals surface area contributed by atoms with Crippen molar-refractivity contribution in [1.82, 2.24) is 5.32 Å². The fourth-order valence-corrected chi connectivity index (χ4v) is 3.72. The molecule has 7 nitrogen and oxygen atoms in total. The van der Waals surface area contributed by atoms with E-state index in [2.05, 4.69) is 5.32 Å². The molecule has 0 aliphatic carbocycles. The van der Waals surface area contributed by atoms with Crippen LogP contribution < -0.4 is 5.32 Å². The smallest absolute Gasteiger partial charge is 0.217 e. The number of hydrogen-bond acceptors (Lipinski definition) is 6. The van der Waals surface area contributed by atoms with Crippen LogP contribution in [0.1, 0.15) is 24.3 Å². The third-order valence-corrected chi connectivity index (χ3v) is 5.09. The standard InChI is InChI=1S/C22H25NO6/c1-14(24)23-18-20(26-12-15-8-4-2-5-9-15)19-17(28-21(18)25)13-27-22(29-19)16-10-6-3-7-11-16/h2-11,17-22,25H,12-13H2,1H3,(H,23,24)/t17-,18-,19-,20+,21-,22-/m1/s1. The Morgan fingerprint density at radius 1 is 1.10 bits per heavy atom. The van der Waals surface area contributed by atoms with Gasteiger partial charge in [-0.2, -0.15) is 0 Å². The lowest BCUT2D eigenvalue weighted by Gasteiger charge is -2.48. The van der Waals surface area contributed by atoms with E-state index in [1.807, 2.05) is 60.7 Å². The van der Waals surface area contributed by atoms with Crippen LogP contribution in [0.15, 0.2) is 60.7 Å². The van der Waals surface area contributed by atoms with Crippen LogP contribution in [0.3, 0.4) is 0 Å². The van der Waals surface area contributed by atoms with Gasteiger partial charge in [0.05, 0.1) is 13.2 Å².